The first-order chi connectivity index (χ1) is 15.3. The SMILES string of the molecule is COc1ccc(OC)c(S(=O)(=O)N/N=C(\C)c2cccc(NC(=O)c3ccccc3)c2)c1. The molecule has 0 aliphatic carbocycles. The van der Waals surface area contributed by atoms with Crippen LogP contribution in [0.15, 0.2) is 82.8 Å². The third-order valence-electron chi connectivity index (χ3n) is 4.57. The predicted molar refractivity (Wildman–Crippen MR) is 123 cm³/mol. The maximum Gasteiger partial charge on any atom is 0.280 e. The quantitative estimate of drug-likeness (QED) is 0.400. The molecule has 3 aromatic carbocycles. The van der Waals surface area contributed by atoms with Gasteiger partial charge in [0.25, 0.3) is 15.9 Å². The molecule has 32 heavy (non-hydrogen) atoms. The monoisotopic (exact) mass is 453 g/mol. The first kappa shape index (κ1) is 22.8. The Morgan fingerprint density at radius 2 is 1.59 bits per heavy atom. The second-order valence-electron chi connectivity index (χ2n) is 6.71. The average Bonchev–Trinajstić information content (AvgIpc) is 2.82. The van der Waals surface area contributed by atoms with E-state index in [4.69, 9.17) is 9.47 Å². The fraction of sp³-hybridized carbons (Fsp3) is 0.130. The van der Waals surface area contributed by atoms with Crippen LogP contribution in [0, 0.1) is 0 Å². The second-order valence-corrected chi connectivity index (χ2v) is 8.34. The molecule has 0 aromatic heterocycles. The number of hydrogen-bond acceptors (Lipinski definition) is 6. The first-order valence-corrected chi connectivity index (χ1v) is 11.1. The highest BCUT2D eigenvalue weighted by molar-refractivity contribution is 7.89. The van der Waals surface area contributed by atoms with Crippen LogP contribution in [0.1, 0.15) is 22.8 Å². The highest BCUT2D eigenvalue weighted by Gasteiger charge is 2.20. The summed E-state index contributed by atoms with van der Waals surface area (Å²) < 4.78 is 35.8. The number of hydrazone groups is 1. The van der Waals surface area contributed by atoms with Crippen molar-refractivity contribution in [1.29, 1.82) is 0 Å². The van der Waals surface area contributed by atoms with Crippen LogP contribution in [-0.2, 0) is 10.0 Å². The van der Waals surface area contributed by atoms with Gasteiger partial charge in [-0.05, 0) is 48.9 Å². The Labute approximate surface area is 186 Å². The van der Waals surface area contributed by atoms with E-state index in [1.54, 1.807) is 61.5 Å². The number of carbonyl (C=O) groups is 1. The van der Waals surface area contributed by atoms with Gasteiger partial charge in [0.1, 0.15) is 16.4 Å². The highest BCUT2D eigenvalue weighted by Crippen LogP contribution is 2.28. The van der Waals surface area contributed by atoms with Gasteiger partial charge < -0.3 is 14.8 Å². The average molecular weight is 454 g/mol. The minimum atomic E-state index is -4.02. The zero-order valence-corrected chi connectivity index (χ0v) is 18.6. The Kier molecular flexibility index (Phi) is 7.11. The van der Waals surface area contributed by atoms with Crippen molar-refractivity contribution in [2.75, 3.05) is 19.5 Å². The van der Waals surface area contributed by atoms with Crippen molar-refractivity contribution in [3.63, 3.8) is 0 Å². The van der Waals surface area contributed by atoms with Gasteiger partial charge in [-0.3, -0.25) is 4.79 Å². The lowest BCUT2D eigenvalue weighted by atomic mass is 10.1. The predicted octanol–water partition coefficient (Wildman–Crippen LogP) is 3.66. The molecular weight excluding hydrogens is 430 g/mol. The van der Waals surface area contributed by atoms with E-state index in [0.29, 0.717) is 28.3 Å². The molecule has 0 spiro atoms. The highest BCUT2D eigenvalue weighted by atomic mass is 32.2. The van der Waals surface area contributed by atoms with E-state index >= 15 is 0 Å². The van der Waals surface area contributed by atoms with Crippen LogP contribution in [0.2, 0.25) is 0 Å². The Morgan fingerprint density at radius 1 is 0.875 bits per heavy atom. The molecule has 9 heteroatoms. The van der Waals surface area contributed by atoms with Crippen LogP contribution in [0.5, 0.6) is 11.5 Å². The number of rotatable bonds is 8. The molecule has 3 aromatic rings. The molecule has 0 aliphatic heterocycles. The zero-order chi connectivity index (χ0) is 23.1. The summed E-state index contributed by atoms with van der Waals surface area (Å²) in [5, 5.41) is 6.84. The van der Waals surface area contributed by atoms with Gasteiger partial charge in [0, 0.05) is 17.3 Å². The van der Waals surface area contributed by atoms with Crippen LogP contribution < -0.4 is 19.6 Å². The largest absolute Gasteiger partial charge is 0.497 e. The number of ether oxygens (including phenoxy) is 2. The Bertz CT molecular complexity index is 1240. The maximum atomic E-state index is 12.8. The number of hydrogen-bond donors (Lipinski definition) is 2. The molecule has 166 valence electrons. The van der Waals surface area contributed by atoms with Gasteiger partial charge in [0.2, 0.25) is 0 Å². The van der Waals surface area contributed by atoms with Crippen LogP contribution in [0.25, 0.3) is 0 Å². The van der Waals surface area contributed by atoms with Crippen molar-refractivity contribution >= 4 is 27.3 Å². The van der Waals surface area contributed by atoms with E-state index in [9.17, 15) is 13.2 Å². The van der Waals surface area contributed by atoms with Crippen LogP contribution in [-0.4, -0.2) is 34.3 Å². The fourth-order valence-electron chi connectivity index (χ4n) is 2.85. The molecule has 0 heterocycles. The minimum Gasteiger partial charge on any atom is -0.497 e. The van der Waals surface area contributed by atoms with E-state index in [0.717, 1.165) is 0 Å². The standard InChI is InChI=1S/C23H23N3O5S/c1-16(25-26-32(28,29)22-15-20(30-2)12-13-21(22)31-3)18-10-7-11-19(14-18)24-23(27)17-8-5-4-6-9-17/h4-15,26H,1-3H3,(H,24,27)/b25-16+. The number of carbonyl (C=O) groups excluding carboxylic acids is 1. The Morgan fingerprint density at radius 3 is 2.28 bits per heavy atom. The molecule has 0 atom stereocenters. The van der Waals surface area contributed by atoms with Gasteiger partial charge in [0.05, 0.1) is 19.9 Å². The van der Waals surface area contributed by atoms with Gasteiger partial charge >= 0.3 is 0 Å². The van der Waals surface area contributed by atoms with Crippen LogP contribution >= 0.6 is 0 Å². The van der Waals surface area contributed by atoms with Crippen molar-refractivity contribution in [3.05, 3.63) is 83.9 Å². The molecular formula is C23H23N3O5S. The lowest BCUT2D eigenvalue weighted by Crippen LogP contribution is -2.21. The molecule has 3 rings (SSSR count). The number of sulfonamides is 1. The number of nitrogens with zero attached hydrogens (tertiary/aromatic N) is 1. The fourth-order valence-corrected chi connectivity index (χ4v) is 3.89. The maximum absolute atomic E-state index is 12.8. The topological polar surface area (TPSA) is 106 Å². The summed E-state index contributed by atoms with van der Waals surface area (Å²) in [6.45, 7) is 1.66. The van der Waals surface area contributed by atoms with Crippen molar-refractivity contribution in [2.24, 2.45) is 5.10 Å². The first-order valence-electron chi connectivity index (χ1n) is 9.59. The third-order valence-corrected chi connectivity index (χ3v) is 5.80. The molecule has 0 bridgehead atoms. The molecule has 0 saturated heterocycles. The van der Waals surface area contributed by atoms with E-state index in [1.165, 1.54) is 26.4 Å². The number of amides is 1. The molecule has 8 nitrogen and oxygen atoms in total. The third kappa shape index (κ3) is 5.44. The van der Waals surface area contributed by atoms with Gasteiger partial charge in [-0.25, -0.2) is 0 Å². The molecule has 0 unspecified atom stereocenters. The molecule has 0 saturated carbocycles. The van der Waals surface area contributed by atoms with Gasteiger partial charge in [-0.15, -0.1) is 0 Å². The van der Waals surface area contributed by atoms with Crippen molar-refractivity contribution < 1.29 is 22.7 Å². The van der Waals surface area contributed by atoms with E-state index < -0.39 is 10.0 Å². The molecule has 0 aliphatic rings. The Balaban J connectivity index is 1.79. The van der Waals surface area contributed by atoms with Crippen LogP contribution in [0.4, 0.5) is 5.69 Å². The summed E-state index contributed by atoms with van der Waals surface area (Å²) in [6.07, 6.45) is 0. The summed E-state index contributed by atoms with van der Waals surface area (Å²) >= 11 is 0. The summed E-state index contributed by atoms with van der Waals surface area (Å²) in [7, 11) is -1.19. The summed E-state index contributed by atoms with van der Waals surface area (Å²) in [5.74, 6) is 0.286. The summed E-state index contributed by atoms with van der Waals surface area (Å²) in [5.41, 5.74) is 2.13. The van der Waals surface area contributed by atoms with E-state index in [2.05, 4.69) is 15.2 Å². The summed E-state index contributed by atoms with van der Waals surface area (Å²) in [4.78, 5) is 14.5. The van der Waals surface area contributed by atoms with Crippen LogP contribution in [0.3, 0.4) is 0 Å². The minimum absolute atomic E-state index is 0.0974. The number of methoxy groups -OCH3 is 2. The lowest BCUT2D eigenvalue weighted by molar-refractivity contribution is 0.102. The number of anilines is 1. The molecule has 2 N–H and O–H groups in total. The second kappa shape index (κ2) is 9.97. The van der Waals surface area contributed by atoms with Crippen molar-refractivity contribution in [1.82, 2.24) is 4.83 Å². The molecule has 1 amide bonds. The van der Waals surface area contributed by atoms with E-state index in [1.807, 2.05) is 6.07 Å². The van der Waals surface area contributed by atoms with Gasteiger partial charge in [0.15, 0.2) is 0 Å². The van der Waals surface area contributed by atoms with Gasteiger partial charge in [-0.1, -0.05) is 30.3 Å². The van der Waals surface area contributed by atoms with Crippen molar-refractivity contribution in [3.8, 4) is 11.5 Å². The lowest BCUT2D eigenvalue weighted by Gasteiger charge is -2.11. The summed E-state index contributed by atoms with van der Waals surface area (Å²) in [6, 6.07) is 20.2. The smallest absolute Gasteiger partial charge is 0.280 e. The van der Waals surface area contributed by atoms with Crippen molar-refractivity contribution in [2.45, 2.75) is 11.8 Å². The molecule has 0 radical (unpaired) electrons. The molecule has 0 fully saturated rings. The Hall–Kier alpha value is -3.85. The van der Waals surface area contributed by atoms with E-state index in [-0.39, 0.29) is 16.6 Å². The number of nitrogens with one attached hydrogen (secondary N) is 2. The number of benzene rings is 3. The zero-order valence-electron chi connectivity index (χ0n) is 17.8. The normalized spacial score (nSPS) is 11.5. The van der Waals surface area contributed by atoms with Gasteiger partial charge in [-0.2, -0.15) is 18.4 Å².